The maximum absolute atomic E-state index is 5.63. The Morgan fingerprint density at radius 3 is 3.06 bits per heavy atom. The minimum atomic E-state index is 0. The molecule has 0 radical (unpaired) electrons. The van der Waals surface area contributed by atoms with Crippen LogP contribution >= 0.6 is 24.0 Å². The highest BCUT2D eigenvalue weighted by Gasteiger charge is 1.92. The molecule has 0 unspecified atom stereocenters. The summed E-state index contributed by atoms with van der Waals surface area (Å²) in [5, 5.41) is 2.94. The number of halogens is 1. The second kappa shape index (κ2) is 9.34. The van der Waals surface area contributed by atoms with E-state index >= 15 is 0 Å². The van der Waals surface area contributed by atoms with Gasteiger partial charge in [0.25, 0.3) is 0 Å². The number of hydrogen-bond acceptors (Lipinski definition) is 3. The average molecular weight is 336 g/mol. The largest absolute Gasteiger partial charge is 0.383 e. The van der Waals surface area contributed by atoms with Crippen LogP contribution in [-0.2, 0) is 11.3 Å². The van der Waals surface area contributed by atoms with E-state index in [9.17, 15) is 0 Å². The lowest BCUT2D eigenvalue weighted by atomic mass is 10.3. The number of guanidine groups is 1. The summed E-state index contributed by atoms with van der Waals surface area (Å²) in [4.78, 5) is 8.14. The van der Waals surface area contributed by atoms with Gasteiger partial charge in [-0.25, -0.2) is 4.99 Å². The minimum Gasteiger partial charge on any atom is -0.383 e. The standard InChI is InChI=1S/C10H16N4O.HI/c1-15-6-5-13-10(11)14-8-9-3-2-4-12-7-9;/h2-4,7H,5-6,8H2,1H3,(H3,11,13,14);1H. The SMILES string of the molecule is COCCNC(N)=NCc1cccnc1.I. The van der Waals surface area contributed by atoms with Crippen LogP contribution in [0.4, 0.5) is 0 Å². The Morgan fingerprint density at radius 2 is 2.44 bits per heavy atom. The van der Waals surface area contributed by atoms with Gasteiger partial charge >= 0.3 is 0 Å². The number of aliphatic imine (C=N–C) groups is 1. The summed E-state index contributed by atoms with van der Waals surface area (Å²) in [5.41, 5.74) is 6.66. The molecular formula is C10H17IN4O. The first-order valence-electron chi connectivity index (χ1n) is 4.74. The normalized spacial score (nSPS) is 10.7. The molecule has 1 aromatic heterocycles. The van der Waals surface area contributed by atoms with Crippen molar-refractivity contribution in [2.75, 3.05) is 20.3 Å². The van der Waals surface area contributed by atoms with Crippen molar-refractivity contribution in [3.8, 4) is 0 Å². The van der Waals surface area contributed by atoms with Crippen LogP contribution < -0.4 is 11.1 Å². The quantitative estimate of drug-likeness (QED) is 0.360. The zero-order valence-electron chi connectivity index (χ0n) is 9.22. The summed E-state index contributed by atoms with van der Waals surface area (Å²) < 4.78 is 4.87. The monoisotopic (exact) mass is 336 g/mol. The van der Waals surface area contributed by atoms with Crippen LogP contribution in [0.15, 0.2) is 29.5 Å². The smallest absolute Gasteiger partial charge is 0.188 e. The number of hydrogen-bond donors (Lipinski definition) is 2. The molecule has 1 heterocycles. The number of methoxy groups -OCH3 is 1. The van der Waals surface area contributed by atoms with Crippen molar-refractivity contribution in [3.05, 3.63) is 30.1 Å². The molecule has 5 nitrogen and oxygen atoms in total. The van der Waals surface area contributed by atoms with Crippen LogP contribution in [0.2, 0.25) is 0 Å². The summed E-state index contributed by atoms with van der Waals surface area (Å²) in [6.45, 7) is 1.82. The minimum absolute atomic E-state index is 0. The van der Waals surface area contributed by atoms with Crippen LogP contribution in [0.25, 0.3) is 0 Å². The fourth-order valence-electron chi connectivity index (χ4n) is 1.01. The number of nitrogens with two attached hydrogens (primary N) is 1. The van der Waals surface area contributed by atoms with Crippen LogP contribution in [-0.4, -0.2) is 31.2 Å². The Kier molecular flexibility index (Phi) is 8.82. The van der Waals surface area contributed by atoms with Crippen LogP contribution in [0.3, 0.4) is 0 Å². The van der Waals surface area contributed by atoms with E-state index in [-0.39, 0.29) is 24.0 Å². The Bertz CT molecular complexity index is 305. The molecule has 6 heteroatoms. The zero-order valence-corrected chi connectivity index (χ0v) is 11.5. The van der Waals surface area contributed by atoms with Gasteiger partial charge in [0.2, 0.25) is 0 Å². The lowest BCUT2D eigenvalue weighted by Crippen LogP contribution is -2.34. The number of ether oxygens (including phenoxy) is 1. The molecule has 0 aliphatic heterocycles. The van der Waals surface area contributed by atoms with E-state index in [1.54, 1.807) is 19.5 Å². The van der Waals surface area contributed by atoms with Crippen molar-refractivity contribution < 1.29 is 4.74 Å². The van der Waals surface area contributed by atoms with Gasteiger partial charge in [-0.3, -0.25) is 4.98 Å². The molecule has 0 saturated heterocycles. The third-order valence-electron chi connectivity index (χ3n) is 1.77. The molecule has 0 saturated carbocycles. The molecule has 1 rings (SSSR count). The zero-order chi connectivity index (χ0) is 10.9. The molecule has 0 aliphatic carbocycles. The molecule has 0 bridgehead atoms. The summed E-state index contributed by atoms with van der Waals surface area (Å²) in [7, 11) is 1.64. The van der Waals surface area contributed by atoms with Crippen molar-refractivity contribution in [1.29, 1.82) is 0 Å². The van der Waals surface area contributed by atoms with E-state index < -0.39 is 0 Å². The number of nitrogens with one attached hydrogen (secondary N) is 1. The summed E-state index contributed by atoms with van der Waals surface area (Å²) in [6.07, 6.45) is 3.50. The van der Waals surface area contributed by atoms with Crippen molar-refractivity contribution in [1.82, 2.24) is 10.3 Å². The molecule has 3 N–H and O–H groups in total. The van der Waals surface area contributed by atoms with Crippen LogP contribution in [0.1, 0.15) is 5.56 Å². The maximum Gasteiger partial charge on any atom is 0.188 e. The predicted octanol–water partition coefficient (Wildman–Crippen LogP) is 0.750. The Morgan fingerprint density at radius 1 is 1.62 bits per heavy atom. The summed E-state index contributed by atoms with van der Waals surface area (Å²) in [6, 6.07) is 3.83. The first-order chi connectivity index (χ1) is 7.33. The lowest BCUT2D eigenvalue weighted by molar-refractivity contribution is 0.204. The van der Waals surface area contributed by atoms with E-state index in [1.807, 2.05) is 12.1 Å². The van der Waals surface area contributed by atoms with Crippen molar-refractivity contribution in [2.24, 2.45) is 10.7 Å². The predicted molar refractivity (Wildman–Crippen MR) is 74.9 cm³/mol. The Labute approximate surface area is 113 Å². The van der Waals surface area contributed by atoms with Gasteiger partial charge in [0.1, 0.15) is 0 Å². The third-order valence-corrected chi connectivity index (χ3v) is 1.77. The second-order valence-electron chi connectivity index (χ2n) is 2.98. The number of aromatic nitrogens is 1. The highest BCUT2D eigenvalue weighted by atomic mass is 127. The van der Waals surface area contributed by atoms with Crippen LogP contribution in [0, 0.1) is 0 Å². The first-order valence-corrected chi connectivity index (χ1v) is 4.74. The fraction of sp³-hybridized carbons (Fsp3) is 0.400. The van der Waals surface area contributed by atoms with E-state index in [2.05, 4.69) is 15.3 Å². The highest BCUT2D eigenvalue weighted by molar-refractivity contribution is 14.0. The van der Waals surface area contributed by atoms with E-state index in [0.29, 0.717) is 25.7 Å². The van der Waals surface area contributed by atoms with Crippen molar-refractivity contribution >= 4 is 29.9 Å². The van der Waals surface area contributed by atoms with Gasteiger partial charge < -0.3 is 15.8 Å². The molecule has 1 aromatic rings. The summed E-state index contributed by atoms with van der Waals surface area (Å²) in [5.74, 6) is 0.427. The Balaban J connectivity index is 0.00000225. The van der Waals surface area contributed by atoms with Gasteiger partial charge in [-0.05, 0) is 11.6 Å². The molecule has 0 fully saturated rings. The maximum atomic E-state index is 5.63. The molecule has 16 heavy (non-hydrogen) atoms. The molecule has 0 aromatic carbocycles. The number of nitrogens with zero attached hydrogens (tertiary/aromatic N) is 2. The van der Waals surface area contributed by atoms with E-state index in [0.717, 1.165) is 5.56 Å². The molecule has 0 atom stereocenters. The molecule has 0 aliphatic rings. The van der Waals surface area contributed by atoms with Gasteiger partial charge in [-0.1, -0.05) is 6.07 Å². The topological polar surface area (TPSA) is 72.5 Å². The van der Waals surface area contributed by atoms with Gasteiger partial charge in [-0.15, -0.1) is 24.0 Å². The molecule has 0 spiro atoms. The third kappa shape index (κ3) is 6.57. The highest BCUT2D eigenvalue weighted by Crippen LogP contribution is 1.96. The van der Waals surface area contributed by atoms with Crippen molar-refractivity contribution in [3.63, 3.8) is 0 Å². The van der Waals surface area contributed by atoms with Gasteiger partial charge in [0.05, 0.1) is 13.2 Å². The van der Waals surface area contributed by atoms with Crippen molar-refractivity contribution in [2.45, 2.75) is 6.54 Å². The molecular weight excluding hydrogens is 319 g/mol. The number of rotatable bonds is 5. The van der Waals surface area contributed by atoms with Gasteiger partial charge in [0, 0.05) is 26.0 Å². The van der Waals surface area contributed by atoms with E-state index in [1.165, 1.54) is 0 Å². The van der Waals surface area contributed by atoms with Gasteiger partial charge in [0.15, 0.2) is 5.96 Å². The van der Waals surface area contributed by atoms with E-state index in [4.69, 9.17) is 10.5 Å². The fourth-order valence-corrected chi connectivity index (χ4v) is 1.01. The number of pyridine rings is 1. The second-order valence-corrected chi connectivity index (χ2v) is 2.98. The average Bonchev–Trinajstić information content (AvgIpc) is 2.28. The molecule has 0 amide bonds. The molecule has 90 valence electrons. The Hall–Kier alpha value is -0.890. The summed E-state index contributed by atoms with van der Waals surface area (Å²) >= 11 is 0. The lowest BCUT2D eigenvalue weighted by Gasteiger charge is -2.04. The van der Waals surface area contributed by atoms with Crippen LogP contribution in [0.5, 0.6) is 0 Å². The first kappa shape index (κ1) is 15.1. The van der Waals surface area contributed by atoms with Gasteiger partial charge in [-0.2, -0.15) is 0 Å².